The molecule has 0 spiro atoms. The van der Waals surface area contributed by atoms with Gasteiger partial charge in [-0.15, -0.1) is 0 Å². The topological polar surface area (TPSA) is 126 Å². The Hall–Kier alpha value is -2.60. The first-order chi connectivity index (χ1) is 25.3. The van der Waals surface area contributed by atoms with Gasteiger partial charge in [0.2, 0.25) is 10.9 Å². The number of fused-ring (bicyclic) bond motifs is 2. The minimum Gasteiger partial charge on any atom is -0.462 e. The summed E-state index contributed by atoms with van der Waals surface area (Å²) in [5.74, 6) is -1.22. The molecule has 0 aliphatic heterocycles. The lowest BCUT2D eigenvalue weighted by Crippen LogP contribution is -2.43. The van der Waals surface area contributed by atoms with Crippen LogP contribution in [0.3, 0.4) is 0 Å². The van der Waals surface area contributed by atoms with Crippen molar-refractivity contribution in [2.75, 3.05) is 26.4 Å². The summed E-state index contributed by atoms with van der Waals surface area (Å²) >= 11 is 4.32. The quantitative estimate of drug-likeness (QED) is 0.0947. The zero-order chi connectivity index (χ0) is 41.8. The molecule has 0 saturated heterocycles. The molecule has 55 heavy (non-hydrogen) atoms. The van der Waals surface area contributed by atoms with Crippen molar-refractivity contribution in [3.8, 4) is 0 Å². The Morgan fingerprint density at radius 3 is 1.42 bits per heavy atom. The van der Waals surface area contributed by atoms with Crippen LogP contribution in [0.15, 0.2) is 58.4 Å². The first kappa shape index (κ1) is 46.8. The van der Waals surface area contributed by atoms with Crippen molar-refractivity contribution in [2.24, 2.45) is 10.8 Å². The normalized spacial score (nSPS) is 13.6. The second-order valence-electron chi connectivity index (χ2n) is 17.3. The van der Waals surface area contributed by atoms with Crippen LogP contribution in [0, 0.1) is 18.0 Å². The van der Waals surface area contributed by atoms with Crippen molar-refractivity contribution in [3.05, 3.63) is 87.5 Å². The molecule has 1 N–H and O–H groups in total. The second-order valence-corrected chi connectivity index (χ2v) is 24.6. The predicted molar refractivity (Wildman–Crippen MR) is 241 cm³/mol. The molecule has 2 aromatic carbocycles. The van der Waals surface area contributed by atoms with Gasteiger partial charge in [-0.2, -0.15) is 0 Å². The molecule has 2 unspecified atom stereocenters. The highest BCUT2D eigenvalue weighted by atomic mass is 127. The van der Waals surface area contributed by atoms with Crippen LogP contribution in [0.5, 0.6) is 0 Å². The van der Waals surface area contributed by atoms with Crippen LogP contribution in [-0.2, 0) is 13.9 Å². The molecule has 0 amide bonds. The van der Waals surface area contributed by atoms with E-state index in [1.807, 2.05) is 60.2 Å². The molecule has 2 heterocycles. The van der Waals surface area contributed by atoms with Gasteiger partial charge in [0, 0.05) is 30.3 Å². The maximum absolute atomic E-state index is 13.1. The Kier molecular flexibility index (Phi) is 15.6. The van der Waals surface area contributed by atoms with E-state index in [1.54, 1.807) is 26.1 Å². The Bertz CT molecular complexity index is 2140. The summed E-state index contributed by atoms with van der Waals surface area (Å²) in [6, 6.07) is 10.9. The number of hydrogen-bond acceptors (Lipinski definition) is 8. The van der Waals surface area contributed by atoms with Crippen molar-refractivity contribution in [1.29, 1.82) is 0 Å². The number of aliphatic hydroxyl groups excluding tert-OH is 1. The summed E-state index contributed by atoms with van der Waals surface area (Å²) < 4.78 is 22.5. The van der Waals surface area contributed by atoms with Crippen molar-refractivity contribution in [3.63, 3.8) is 0 Å². The van der Waals surface area contributed by atoms with Gasteiger partial charge in [0.15, 0.2) is 8.32 Å². The number of aromatic nitrogens is 2. The molecule has 0 fully saturated rings. The van der Waals surface area contributed by atoms with Crippen LogP contribution in [0.2, 0.25) is 18.1 Å². The number of esters is 2. The number of nitrogens with zero attached hydrogens (tertiary/aromatic N) is 2. The minimum atomic E-state index is -1.98. The van der Waals surface area contributed by atoms with Gasteiger partial charge in [0.1, 0.15) is 11.1 Å². The Balaban J connectivity index is 0.000000305. The van der Waals surface area contributed by atoms with Crippen LogP contribution in [0.4, 0.5) is 0 Å². The predicted octanol–water partition coefficient (Wildman–Crippen LogP) is 9.75. The third-order valence-corrected chi connectivity index (χ3v) is 16.1. The molecule has 13 heteroatoms. The van der Waals surface area contributed by atoms with E-state index in [4.69, 9.17) is 13.9 Å². The number of hydrogen-bond donors (Lipinski definition) is 1. The number of benzene rings is 2. The lowest BCUT2D eigenvalue weighted by Gasteiger charge is -2.40. The SMILES string of the molecule is CCOC(=O)c1cn(C(CO)C(C)(C)C)c2ccc(I)cc2c1=O.CCOC(=O)c1cn(C(CO[Si](C)(C)C(C)(C)C)C(C)(C)C)c2ccc(I)cc2c1=O. The third kappa shape index (κ3) is 11.1. The molecular formula is C42H58I2N2O8Si. The van der Waals surface area contributed by atoms with Crippen LogP contribution in [0.1, 0.15) is 109 Å². The van der Waals surface area contributed by atoms with Gasteiger partial charge in [-0.05, 0) is 124 Å². The average Bonchev–Trinajstić information content (AvgIpc) is 3.06. The fraction of sp³-hybridized carbons (Fsp3) is 0.524. The van der Waals surface area contributed by atoms with E-state index in [9.17, 15) is 24.3 Å². The second kappa shape index (κ2) is 18.3. The van der Waals surface area contributed by atoms with Crippen molar-refractivity contribution < 1.29 is 28.6 Å². The molecule has 0 aliphatic rings. The van der Waals surface area contributed by atoms with Crippen LogP contribution >= 0.6 is 45.2 Å². The average molecular weight is 1000 g/mol. The van der Waals surface area contributed by atoms with Gasteiger partial charge in [-0.1, -0.05) is 62.3 Å². The lowest BCUT2D eigenvalue weighted by molar-refractivity contribution is 0.0513. The lowest BCUT2D eigenvalue weighted by atomic mass is 9.86. The molecule has 4 rings (SSSR count). The van der Waals surface area contributed by atoms with Gasteiger partial charge in [-0.3, -0.25) is 9.59 Å². The van der Waals surface area contributed by atoms with E-state index in [0.29, 0.717) is 22.9 Å². The van der Waals surface area contributed by atoms with Crippen LogP contribution in [-0.4, -0.2) is 60.9 Å². The van der Waals surface area contributed by atoms with Gasteiger partial charge in [0.25, 0.3) is 0 Å². The first-order valence-electron chi connectivity index (χ1n) is 18.6. The van der Waals surface area contributed by atoms with Gasteiger partial charge >= 0.3 is 11.9 Å². The van der Waals surface area contributed by atoms with E-state index in [0.717, 1.165) is 12.7 Å². The summed E-state index contributed by atoms with van der Waals surface area (Å²) in [7, 11) is -1.98. The number of carbonyl (C=O) groups is 2. The van der Waals surface area contributed by atoms with E-state index in [1.165, 1.54) is 6.20 Å². The van der Waals surface area contributed by atoms with Crippen LogP contribution in [0.25, 0.3) is 21.8 Å². The van der Waals surface area contributed by atoms with Gasteiger partial charge in [-0.25, -0.2) is 9.59 Å². The molecule has 2 aromatic heterocycles. The number of rotatable bonds is 10. The highest BCUT2D eigenvalue weighted by molar-refractivity contribution is 14.1. The minimum absolute atomic E-state index is 0.00551. The summed E-state index contributed by atoms with van der Waals surface area (Å²) in [6.07, 6.45) is 3.18. The molecular weight excluding hydrogens is 942 g/mol. The molecule has 0 saturated carbocycles. The van der Waals surface area contributed by atoms with Gasteiger partial charge in [0.05, 0.1) is 49.5 Å². The Morgan fingerprint density at radius 2 is 1.09 bits per heavy atom. The zero-order valence-corrected chi connectivity index (χ0v) is 39.9. The standard InChI is InChI=1S/C24H36INO4Si.C18H22INO4/c1-10-29-22(28)18-14-26(19-12-11-16(25)13-17(19)21(18)27)20(23(2,3)4)15-30-31(8,9)24(5,6)7;1-5-24-17(23)13-9-20(15(10-21)18(2,3)4)14-7-6-11(19)8-12(14)16(13)22/h11-14,20H,10,15H2,1-9H3;6-9,15,21H,5,10H2,1-4H3. The molecule has 4 aromatic rings. The molecule has 302 valence electrons. The first-order valence-corrected chi connectivity index (χ1v) is 23.6. The zero-order valence-electron chi connectivity index (χ0n) is 34.6. The molecule has 0 aliphatic carbocycles. The maximum atomic E-state index is 13.1. The van der Waals surface area contributed by atoms with Crippen molar-refractivity contribution in [1.82, 2.24) is 9.13 Å². The van der Waals surface area contributed by atoms with E-state index in [-0.39, 0.29) is 69.8 Å². The third-order valence-electron chi connectivity index (χ3n) is 10.2. The molecule has 2 atom stereocenters. The fourth-order valence-electron chi connectivity index (χ4n) is 5.91. The van der Waals surface area contributed by atoms with Crippen molar-refractivity contribution >= 4 is 87.2 Å². The number of halogens is 2. The van der Waals surface area contributed by atoms with E-state index >= 15 is 0 Å². The maximum Gasteiger partial charge on any atom is 0.343 e. The smallest absolute Gasteiger partial charge is 0.343 e. The molecule has 0 bridgehead atoms. The molecule has 0 radical (unpaired) electrons. The largest absolute Gasteiger partial charge is 0.462 e. The van der Waals surface area contributed by atoms with E-state index < -0.39 is 20.3 Å². The summed E-state index contributed by atoms with van der Waals surface area (Å²) in [5, 5.41) is 11.0. The van der Waals surface area contributed by atoms with Crippen molar-refractivity contribution in [2.45, 2.75) is 106 Å². The summed E-state index contributed by atoms with van der Waals surface area (Å²) in [5.41, 5.74) is 0.502. The molecule has 10 nitrogen and oxygen atoms in total. The summed E-state index contributed by atoms with van der Waals surface area (Å²) in [6.45, 7) is 27.9. The number of ether oxygens (including phenoxy) is 2. The number of carbonyl (C=O) groups excluding carboxylic acids is 2. The number of pyridine rings is 2. The van der Waals surface area contributed by atoms with E-state index in [2.05, 4.69) is 99.8 Å². The number of aliphatic hydroxyl groups is 1. The van der Waals surface area contributed by atoms with Gasteiger partial charge < -0.3 is 28.1 Å². The fourth-order valence-corrected chi connectivity index (χ4v) is 7.90. The summed E-state index contributed by atoms with van der Waals surface area (Å²) in [4.78, 5) is 50.7. The highest BCUT2D eigenvalue weighted by Gasteiger charge is 2.39. The monoisotopic (exact) mass is 1000 g/mol. The Labute approximate surface area is 353 Å². The van der Waals surface area contributed by atoms with Crippen LogP contribution < -0.4 is 10.9 Å². The Morgan fingerprint density at radius 1 is 0.709 bits per heavy atom. The highest BCUT2D eigenvalue weighted by Crippen LogP contribution is 2.40.